The molecule has 0 radical (unpaired) electrons. The van der Waals surface area contributed by atoms with E-state index in [1.54, 1.807) is 42.3 Å². The summed E-state index contributed by atoms with van der Waals surface area (Å²) in [7, 11) is 1.61. The quantitative estimate of drug-likeness (QED) is 0.285. The average molecular weight is 576 g/mol. The Morgan fingerprint density at radius 1 is 1.10 bits per heavy atom. The third-order valence-corrected chi connectivity index (χ3v) is 7.62. The fourth-order valence-corrected chi connectivity index (χ4v) is 5.09. The van der Waals surface area contributed by atoms with Crippen molar-refractivity contribution in [3.8, 4) is 11.4 Å². The number of nitrogens with zero attached hydrogens (tertiary/aromatic N) is 4. The second kappa shape index (κ2) is 10.7. The molecule has 3 aromatic carbocycles. The zero-order valence-corrected chi connectivity index (χ0v) is 22.9. The topological polar surface area (TPSA) is 102 Å². The predicted molar refractivity (Wildman–Crippen MR) is 153 cm³/mol. The van der Waals surface area contributed by atoms with E-state index in [4.69, 9.17) is 37.3 Å². The highest BCUT2D eigenvalue weighted by molar-refractivity contribution is 6.42. The lowest BCUT2D eigenvalue weighted by atomic mass is 10.0. The lowest BCUT2D eigenvalue weighted by molar-refractivity contribution is 0.0731. The van der Waals surface area contributed by atoms with Crippen molar-refractivity contribution in [3.05, 3.63) is 110 Å². The SMILES string of the molecule is COc1ccc(CNc2nc3c(c(=O)n2-c2cccc4ocnc24)CCN(C(=O)c2ccc(Cl)c(Cl)c2)C3)cc1. The molecule has 0 saturated carbocycles. The van der Waals surface area contributed by atoms with E-state index in [-0.39, 0.29) is 18.0 Å². The van der Waals surface area contributed by atoms with Crippen LogP contribution in [0.25, 0.3) is 16.8 Å². The standard InChI is InChI=1S/C29H23Cl2N5O4/c1-39-19-8-5-17(6-9-19)14-32-29-34-23-15-35(27(37)18-7-10-21(30)22(31)13-18)12-11-20(23)28(38)36(29)24-3-2-4-25-26(24)33-16-40-25/h2-10,13,16H,11-12,14-15H2,1H3,(H,32,34). The molecule has 3 heterocycles. The lowest BCUT2D eigenvalue weighted by Gasteiger charge is -2.29. The molecule has 0 bridgehead atoms. The Labute approximate surface area is 238 Å². The van der Waals surface area contributed by atoms with E-state index >= 15 is 0 Å². The number of methoxy groups -OCH3 is 1. The Bertz CT molecular complexity index is 1800. The van der Waals surface area contributed by atoms with Crippen LogP contribution in [-0.2, 0) is 19.5 Å². The molecule has 0 atom stereocenters. The second-order valence-electron chi connectivity index (χ2n) is 9.28. The number of nitrogens with one attached hydrogen (secondary N) is 1. The number of carbonyl (C=O) groups excluding carboxylic acids is 1. The molecule has 1 N–H and O–H groups in total. The Morgan fingerprint density at radius 3 is 2.70 bits per heavy atom. The van der Waals surface area contributed by atoms with Crippen molar-refractivity contribution in [2.75, 3.05) is 19.0 Å². The van der Waals surface area contributed by atoms with Gasteiger partial charge in [0.2, 0.25) is 5.95 Å². The molecule has 40 heavy (non-hydrogen) atoms. The van der Waals surface area contributed by atoms with Gasteiger partial charge in [0.05, 0.1) is 35.1 Å². The molecule has 202 valence electrons. The number of rotatable bonds is 6. The molecule has 0 unspecified atom stereocenters. The zero-order valence-electron chi connectivity index (χ0n) is 21.4. The maximum absolute atomic E-state index is 14.0. The Hall–Kier alpha value is -4.34. The molecule has 1 amide bonds. The first kappa shape index (κ1) is 25.9. The summed E-state index contributed by atoms with van der Waals surface area (Å²) in [6.45, 7) is 0.932. The van der Waals surface area contributed by atoms with Gasteiger partial charge in [0.1, 0.15) is 11.3 Å². The Balaban J connectivity index is 1.39. The van der Waals surface area contributed by atoms with Crippen LogP contribution in [0, 0.1) is 0 Å². The van der Waals surface area contributed by atoms with E-state index in [9.17, 15) is 9.59 Å². The molecule has 1 aliphatic heterocycles. The van der Waals surface area contributed by atoms with Crippen LogP contribution in [0.4, 0.5) is 5.95 Å². The summed E-state index contributed by atoms with van der Waals surface area (Å²) >= 11 is 12.2. The van der Waals surface area contributed by atoms with Gasteiger partial charge >= 0.3 is 0 Å². The molecule has 5 aromatic rings. The molecule has 0 fully saturated rings. The normalized spacial score (nSPS) is 12.8. The van der Waals surface area contributed by atoms with Crippen molar-refractivity contribution in [3.63, 3.8) is 0 Å². The first-order valence-corrected chi connectivity index (χ1v) is 13.3. The van der Waals surface area contributed by atoms with Gasteiger partial charge in [0, 0.05) is 24.2 Å². The molecule has 0 saturated heterocycles. The van der Waals surface area contributed by atoms with E-state index < -0.39 is 0 Å². The van der Waals surface area contributed by atoms with Crippen LogP contribution in [0.1, 0.15) is 27.2 Å². The van der Waals surface area contributed by atoms with E-state index in [0.29, 0.717) is 69.1 Å². The minimum absolute atomic E-state index is 0.176. The highest BCUT2D eigenvalue weighted by Crippen LogP contribution is 2.27. The van der Waals surface area contributed by atoms with Gasteiger partial charge in [-0.1, -0.05) is 41.4 Å². The number of anilines is 1. The Kier molecular flexibility index (Phi) is 6.91. The van der Waals surface area contributed by atoms with Crippen LogP contribution >= 0.6 is 23.2 Å². The summed E-state index contributed by atoms with van der Waals surface area (Å²) in [6, 6.07) is 17.8. The number of ether oxygens (including phenoxy) is 1. The Morgan fingerprint density at radius 2 is 1.93 bits per heavy atom. The molecule has 0 aliphatic carbocycles. The third-order valence-electron chi connectivity index (χ3n) is 6.88. The van der Waals surface area contributed by atoms with Gasteiger partial charge in [-0.15, -0.1) is 0 Å². The minimum Gasteiger partial charge on any atom is -0.497 e. The van der Waals surface area contributed by atoms with Crippen molar-refractivity contribution >= 4 is 46.2 Å². The van der Waals surface area contributed by atoms with E-state index in [2.05, 4.69) is 10.3 Å². The van der Waals surface area contributed by atoms with E-state index in [1.165, 1.54) is 11.0 Å². The summed E-state index contributed by atoms with van der Waals surface area (Å²) in [4.78, 5) is 38.1. The third kappa shape index (κ3) is 4.78. The van der Waals surface area contributed by atoms with Gasteiger partial charge < -0.3 is 19.4 Å². The number of oxazole rings is 1. The minimum atomic E-state index is -0.223. The fourth-order valence-electron chi connectivity index (χ4n) is 4.79. The lowest BCUT2D eigenvalue weighted by Crippen LogP contribution is -2.40. The molecule has 1 aliphatic rings. The molecule has 9 nitrogen and oxygen atoms in total. The van der Waals surface area contributed by atoms with Crippen LogP contribution in [0.5, 0.6) is 5.75 Å². The smallest absolute Gasteiger partial charge is 0.263 e. The number of benzene rings is 3. The molecule has 6 rings (SSSR count). The number of fused-ring (bicyclic) bond motifs is 2. The van der Waals surface area contributed by atoms with Crippen LogP contribution < -0.4 is 15.6 Å². The highest BCUT2D eigenvalue weighted by atomic mass is 35.5. The van der Waals surface area contributed by atoms with Crippen molar-refractivity contribution in [2.24, 2.45) is 0 Å². The van der Waals surface area contributed by atoms with Crippen molar-refractivity contribution in [2.45, 2.75) is 19.5 Å². The predicted octanol–water partition coefficient (Wildman–Crippen LogP) is 5.50. The number of hydrogen-bond donors (Lipinski definition) is 1. The number of halogens is 2. The maximum atomic E-state index is 14.0. The first-order chi connectivity index (χ1) is 19.4. The van der Waals surface area contributed by atoms with E-state index in [1.807, 2.05) is 30.3 Å². The summed E-state index contributed by atoms with van der Waals surface area (Å²) in [6.07, 6.45) is 1.70. The molecular weight excluding hydrogens is 553 g/mol. The van der Waals surface area contributed by atoms with Gasteiger partial charge in [0.15, 0.2) is 12.0 Å². The average Bonchev–Trinajstić information content (AvgIpc) is 3.47. The highest BCUT2D eigenvalue weighted by Gasteiger charge is 2.28. The van der Waals surface area contributed by atoms with Crippen LogP contribution in [0.15, 0.2) is 76.3 Å². The summed E-state index contributed by atoms with van der Waals surface area (Å²) in [5.41, 5.74) is 3.90. The van der Waals surface area contributed by atoms with Gasteiger partial charge in [-0.05, 0) is 54.4 Å². The molecule has 2 aromatic heterocycles. The summed E-state index contributed by atoms with van der Waals surface area (Å²) in [5, 5.41) is 4.00. The van der Waals surface area contributed by atoms with Gasteiger partial charge in [-0.3, -0.25) is 9.59 Å². The van der Waals surface area contributed by atoms with E-state index in [0.717, 1.165) is 11.3 Å². The second-order valence-corrected chi connectivity index (χ2v) is 10.1. The largest absolute Gasteiger partial charge is 0.497 e. The number of amides is 1. The van der Waals surface area contributed by atoms with Crippen molar-refractivity contribution in [1.82, 2.24) is 19.4 Å². The van der Waals surface area contributed by atoms with Gasteiger partial charge in [-0.2, -0.15) is 0 Å². The number of para-hydroxylation sites is 1. The number of aromatic nitrogens is 3. The first-order valence-electron chi connectivity index (χ1n) is 12.5. The van der Waals surface area contributed by atoms with Crippen LogP contribution in [0.2, 0.25) is 10.0 Å². The van der Waals surface area contributed by atoms with Crippen molar-refractivity contribution in [1.29, 1.82) is 0 Å². The fraction of sp³-hybridized carbons (Fsp3) is 0.172. The monoisotopic (exact) mass is 575 g/mol. The van der Waals surface area contributed by atoms with Crippen molar-refractivity contribution < 1.29 is 13.9 Å². The summed E-state index contributed by atoms with van der Waals surface area (Å²) in [5.74, 6) is 0.867. The molecular formula is C29H23Cl2N5O4. The van der Waals surface area contributed by atoms with Crippen LogP contribution in [0.3, 0.4) is 0 Å². The number of carbonyl (C=O) groups is 1. The van der Waals surface area contributed by atoms with Gasteiger partial charge in [-0.25, -0.2) is 14.5 Å². The summed E-state index contributed by atoms with van der Waals surface area (Å²) < 4.78 is 12.3. The molecule has 11 heteroatoms. The number of hydrogen-bond acceptors (Lipinski definition) is 7. The maximum Gasteiger partial charge on any atom is 0.263 e. The zero-order chi connectivity index (χ0) is 27.8. The molecule has 0 spiro atoms. The van der Waals surface area contributed by atoms with Crippen LogP contribution in [-0.4, -0.2) is 39.0 Å². The van der Waals surface area contributed by atoms with Gasteiger partial charge in [0.25, 0.3) is 11.5 Å².